The topological polar surface area (TPSA) is 20.2 Å². The second-order valence-electron chi connectivity index (χ2n) is 2.38. The zero-order valence-corrected chi connectivity index (χ0v) is 6.10. The van der Waals surface area contributed by atoms with Crippen molar-refractivity contribution in [3.63, 3.8) is 0 Å². The maximum absolute atomic E-state index is 12.0. The van der Waals surface area contributed by atoms with Gasteiger partial charge in [0.2, 0.25) is 0 Å². The Hall–Kier alpha value is -1.19. The van der Waals surface area contributed by atoms with E-state index in [4.69, 9.17) is 5.11 Å². The third-order valence-corrected chi connectivity index (χ3v) is 1.41. The van der Waals surface area contributed by atoms with Crippen LogP contribution in [0.5, 0.6) is 0 Å². The molecule has 0 atom stereocenters. The zero-order chi connectivity index (χ0) is 9.19. The molecule has 0 saturated heterocycles. The van der Waals surface area contributed by atoms with Gasteiger partial charge in [-0.25, -0.2) is 0 Å². The fourth-order valence-electron chi connectivity index (χ4n) is 0.805. The summed E-state index contributed by atoms with van der Waals surface area (Å²) in [6, 6.07) is 0. The fraction of sp³-hybridized carbons (Fsp3) is 0.250. The lowest BCUT2D eigenvalue weighted by molar-refractivity contribution is -0.0881. The molecule has 4 heteroatoms. The lowest BCUT2D eigenvalue weighted by Gasteiger charge is -2.04. The molecule has 0 aromatic rings. The summed E-state index contributed by atoms with van der Waals surface area (Å²) in [5.41, 5.74) is -0.744. The molecule has 1 N–H and O–H groups in total. The Morgan fingerprint density at radius 1 is 1.25 bits per heavy atom. The molecule has 66 valence electrons. The third-order valence-electron chi connectivity index (χ3n) is 1.41. The van der Waals surface area contributed by atoms with Gasteiger partial charge in [-0.05, 0) is 12.2 Å². The highest BCUT2D eigenvalue weighted by atomic mass is 19.4. The minimum Gasteiger partial charge on any atom is -0.512 e. The lowest BCUT2D eigenvalue weighted by Crippen LogP contribution is -2.09. The molecule has 12 heavy (non-hydrogen) atoms. The summed E-state index contributed by atoms with van der Waals surface area (Å²) in [6.45, 7) is 0. The summed E-state index contributed by atoms with van der Waals surface area (Å²) >= 11 is 0. The summed E-state index contributed by atoms with van der Waals surface area (Å²) in [5.74, 6) is -0.0644. The maximum Gasteiger partial charge on any atom is 0.416 e. The molecule has 0 spiro atoms. The van der Waals surface area contributed by atoms with Crippen LogP contribution in [0.25, 0.3) is 0 Å². The van der Waals surface area contributed by atoms with E-state index in [2.05, 4.69) is 0 Å². The highest BCUT2D eigenvalue weighted by molar-refractivity contribution is 5.32. The van der Waals surface area contributed by atoms with E-state index in [0.29, 0.717) is 0 Å². The summed E-state index contributed by atoms with van der Waals surface area (Å²) in [7, 11) is 0. The van der Waals surface area contributed by atoms with Gasteiger partial charge in [-0.15, -0.1) is 0 Å². The first-order valence-electron chi connectivity index (χ1n) is 3.34. The SMILES string of the molecule is OC1=CC=C(C(F)(F)F)C=CC1. The van der Waals surface area contributed by atoms with Gasteiger partial charge in [0.1, 0.15) is 0 Å². The van der Waals surface area contributed by atoms with Crippen molar-refractivity contribution < 1.29 is 18.3 Å². The Kier molecular flexibility index (Phi) is 2.26. The Labute approximate surface area is 67.5 Å². The van der Waals surface area contributed by atoms with Crippen LogP contribution < -0.4 is 0 Å². The van der Waals surface area contributed by atoms with Gasteiger partial charge in [0.25, 0.3) is 0 Å². The van der Waals surface area contributed by atoms with E-state index in [1.54, 1.807) is 0 Å². The Morgan fingerprint density at radius 3 is 2.50 bits per heavy atom. The second kappa shape index (κ2) is 3.05. The van der Waals surface area contributed by atoms with E-state index in [1.807, 2.05) is 0 Å². The van der Waals surface area contributed by atoms with Gasteiger partial charge < -0.3 is 5.11 Å². The van der Waals surface area contributed by atoms with Crippen molar-refractivity contribution in [3.05, 3.63) is 35.6 Å². The molecule has 0 heterocycles. The molecule has 1 nitrogen and oxygen atoms in total. The van der Waals surface area contributed by atoms with Crippen LogP contribution in [0.3, 0.4) is 0 Å². The van der Waals surface area contributed by atoms with Crippen LogP contribution in [0, 0.1) is 0 Å². The summed E-state index contributed by atoms with van der Waals surface area (Å²) in [5, 5.41) is 8.87. The molecule has 0 unspecified atom stereocenters. The van der Waals surface area contributed by atoms with Gasteiger partial charge in [0.05, 0.1) is 11.3 Å². The predicted molar refractivity (Wildman–Crippen MR) is 38.6 cm³/mol. The number of aliphatic hydroxyl groups excluding tert-OH is 1. The summed E-state index contributed by atoms with van der Waals surface area (Å²) in [4.78, 5) is 0. The molecular weight excluding hydrogens is 169 g/mol. The van der Waals surface area contributed by atoms with Crippen molar-refractivity contribution in [2.75, 3.05) is 0 Å². The number of halogens is 3. The highest BCUT2D eigenvalue weighted by Gasteiger charge is 2.31. The Balaban J connectivity index is 2.92. The van der Waals surface area contributed by atoms with Gasteiger partial charge in [-0.2, -0.15) is 13.2 Å². The number of rotatable bonds is 0. The molecule has 0 aromatic heterocycles. The van der Waals surface area contributed by atoms with Crippen molar-refractivity contribution in [1.29, 1.82) is 0 Å². The first kappa shape index (κ1) is 8.90. The average Bonchev–Trinajstić information content (AvgIpc) is 2.11. The van der Waals surface area contributed by atoms with Crippen LogP contribution in [0.2, 0.25) is 0 Å². The van der Waals surface area contributed by atoms with Gasteiger partial charge in [-0.3, -0.25) is 0 Å². The van der Waals surface area contributed by atoms with E-state index in [0.717, 1.165) is 18.2 Å². The standard InChI is InChI=1S/C8H7F3O/c9-8(10,11)6-2-1-3-7(12)5-4-6/h1-2,4-5,12H,3H2. The molecule has 1 rings (SSSR count). The summed E-state index contributed by atoms with van der Waals surface area (Å²) in [6.07, 6.45) is -0.0345. The fourth-order valence-corrected chi connectivity index (χ4v) is 0.805. The number of alkyl halides is 3. The van der Waals surface area contributed by atoms with Crippen molar-refractivity contribution in [2.45, 2.75) is 12.6 Å². The zero-order valence-electron chi connectivity index (χ0n) is 6.10. The van der Waals surface area contributed by atoms with E-state index in [1.165, 1.54) is 6.08 Å². The smallest absolute Gasteiger partial charge is 0.416 e. The van der Waals surface area contributed by atoms with Crippen molar-refractivity contribution >= 4 is 0 Å². The van der Waals surface area contributed by atoms with Crippen molar-refractivity contribution in [2.24, 2.45) is 0 Å². The molecule has 0 fully saturated rings. The molecule has 1 aliphatic rings. The van der Waals surface area contributed by atoms with Crippen LogP contribution in [-0.2, 0) is 0 Å². The predicted octanol–water partition coefficient (Wildman–Crippen LogP) is 2.88. The van der Waals surface area contributed by atoms with E-state index in [-0.39, 0.29) is 12.2 Å². The molecule has 1 aliphatic carbocycles. The largest absolute Gasteiger partial charge is 0.512 e. The number of aliphatic hydroxyl groups is 1. The van der Waals surface area contributed by atoms with Crippen LogP contribution in [-0.4, -0.2) is 11.3 Å². The van der Waals surface area contributed by atoms with Crippen LogP contribution in [0.1, 0.15) is 6.42 Å². The number of hydrogen-bond acceptors (Lipinski definition) is 1. The molecule has 0 amide bonds. The van der Waals surface area contributed by atoms with Gasteiger partial charge in [-0.1, -0.05) is 12.2 Å². The van der Waals surface area contributed by atoms with Crippen molar-refractivity contribution in [3.8, 4) is 0 Å². The van der Waals surface area contributed by atoms with Gasteiger partial charge in [0.15, 0.2) is 0 Å². The monoisotopic (exact) mass is 176 g/mol. The third kappa shape index (κ3) is 2.15. The Bertz CT molecular complexity index is 258. The van der Waals surface area contributed by atoms with E-state index >= 15 is 0 Å². The first-order valence-corrected chi connectivity index (χ1v) is 3.34. The van der Waals surface area contributed by atoms with Crippen LogP contribution in [0.4, 0.5) is 13.2 Å². The quantitative estimate of drug-likeness (QED) is 0.601. The molecule has 0 aliphatic heterocycles. The van der Waals surface area contributed by atoms with E-state index in [9.17, 15) is 13.2 Å². The van der Waals surface area contributed by atoms with Gasteiger partial charge in [0, 0.05) is 6.42 Å². The molecular formula is C8H7F3O. The van der Waals surface area contributed by atoms with Crippen LogP contribution in [0.15, 0.2) is 35.6 Å². The minimum absolute atomic E-state index is 0.0644. The molecule has 0 aromatic carbocycles. The summed E-state index contributed by atoms with van der Waals surface area (Å²) < 4.78 is 36.1. The average molecular weight is 176 g/mol. The highest BCUT2D eigenvalue weighted by Crippen LogP contribution is 2.28. The van der Waals surface area contributed by atoms with E-state index < -0.39 is 11.7 Å². The number of hydrogen-bond donors (Lipinski definition) is 1. The number of allylic oxidation sites excluding steroid dienone is 5. The molecule has 0 bridgehead atoms. The Morgan fingerprint density at radius 2 is 1.92 bits per heavy atom. The molecule has 0 saturated carbocycles. The minimum atomic E-state index is -4.34. The second-order valence-corrected chi connectivity index (χ2v) is 2.38. The molecule has 0 radical (unpaired) electrons. The normalized spacial score (nSPS) is 18.2. The van der Waals surface area contributed by atoms with Gasteiger partial charge >= 0.3 is 6.18 Å². The lowest BCUT2D eigenvalue weighted by atomic mass is 10.2. The van der Waals surface area contributed by atoms with Crippen LogP contribution >= 0.6 is 0 Å². The van der Waals surface area contributed by atoms with Crippen molar-refractivity contribution in [1.82, 2.24) is 0 Å². The maximum atomic E-state index is 12.0. The first-order chi connectivity index (χ1) is 5.50.